The fourth-order valence-electron chi connectivity index (χ4n) is 1.49. The molecule has 0 aromatic carbocycles. The van der Waals surface area contributed by atoms with Crippen molar-refractivity contribution in [2.24, 2.45) is 4.99 Å². The van der Waals surface area contributed by atoms with Gasteiger partial charge in [-0.25, -0.2) is 0 Å². The van der Waals surface area contributed by atoms with Crippen molar-refractivity contribution in [3.05, 3.63) is 18.5 Å². The Kier molecular flexibility index (Phi) is 3.66. The van der Waals surface area contributed by atoms with Crippen molar-refractivity contribution in [1.82, 2.24) is 15.1 Å². The Balaban J connectivity index is 1.81. The van der Waals surface area contributed by atoms with Crippen molar-refractivity contribution in [2.75, 3.05) is 12.3 Å². The van der Waals surface area contributed by atoms with E-state index < -0.39 is 0 Å². The van der Waals surface area contributed by atoms with E-state index in [1.807, 2.05) is 28.7 Å². The van der Waals surface area contributed by atoms with Crippen LogP contribution in [0.2, 0.25) is 0 Å². The topological polar surface area (TPSA) is 42.2 Å². The molecule has 0 amide bonds. The lowest BCUT2D eigenvalue weighted by molar-refractivity contribution is 0.507. The minimum atomic E-state index is 0.370. The first-order chi connectivity index (χ1) is 7.34. The molecule has 1 aromatic heterocycles. The van der Waals surface area contributed by atoms with Gasteiger partial charge in [-0.2, -0.15) is 5.10 Å². The number of rotatable bonds is 3. The quantitative estimate of drug-likeness (QED) is 0.843. The van der Waals surface area contributed by atoms with Crippen LogP contribution in [0, 0.1) is 0 Å². The maximum absolute atomic E-state index is 4.44. The maximum Gasteiger partial charge on any atom is 0.156 e. The Morgan fingerprint density at radius 2 is 2.60 bits per heavy atom. The molecule has 5 heteroatoms. The molecule has 0 saturated carbocycles. The van der Waals surface area contributed by atoms with Gasteiger partial charge in [-0.1, -0.05) is 11.8 Å². The molecule has 82 valence electrons. The minimum absolute atomic E-state index is 0.370. The molecule has 1 N–H and O–H groups in total. The molecule has 1 unspecified atom stereocenters. The summed E-state index contributed by atoms with van der Waals surface area (Å²) in [6.07, 6.45) is 4.98. The second-order valence-electron chi connectivity index (χ2n) is 3.66. The first-order valence-electron chi connectivity index (χ1n) is 5.26. The highest BCUT2D eigenvalue weighted by Gasteiger charge is 2.09. The highest BCUT2D eigenvalue weighted by Crippen LogP contribution is 2.10. The predicted octanol–water partition coefficient (Wildman–Crippen LogP) is 1.35. The van der Waals surface area contributed by atoms with Gasteiger partial charge in [-0.15, -0.1) is 0 Å². The van der Waals surface area contributed by atoms with Gasteiger partial charge >= 0.3 is 0 Å². The van der Waals surface area contributed by atoms with Gasteiger partial charge < -0.3 is 5.32 Å². The molecule has 0 bridgehead atoms. The largest absolute Gasteiger partial charge is 0.361 e. The summed E-state index contributed by atoms with van der Waals surface area (Å²) >= 11 is 1.81. The van der Waals surface area contributed by atoms with E-state index in [1.165, 1.54) is 12.2 Å². The van der Waals surface area contributed by atoms with Crippen molar-refractivity contribution in [1.29, 1.82) is 0 Å². The molecule has 1 aromatic rings. The van der Waals surface area contributed by atoms with E-state index in [-0.39, 0.29) is 0 Å². The maximum atomic E-state index is 4.44. The minimum Gasteiger partial charge on any atom is -0.361 e. The molecule has 0 radical (unpaired) electrons. The summed E-state index contributed by atoms with van der Waals surface area (Å²) in [7, 11) is 0. The Morgan fingerprint density at radius 1 is 1.67 bits per heavy atom. The van der Waals surface area contributed by atoms with Crippen LogP contribution >= 0.6 is 11.8 Å². The van der Waals surface area contributed by atoms with E-state index in [0.717, 1.165) is 18.3 Å². The van der Waals surface area contributed by atoms with Crippen molar-refractivity contribution in [3.63, 3.8) is 0 Å². The van der Waals surface area contributed by atoms with Gasteiger partial charge in [0.25, 0.3) is 0 Å². The molecule has 0 spiro atoms. The number of nitrogens with zero attached hydrogens (tertiary/aromatic N) is 3. The van der Waals surface area contributed by atoms with Gasteiger partial charge in [0.1, 0.15) is 0 Å². The van der Waals surface area contributed by atoms with Crippen LogP contribution in [0.1, 0.15) is 13.3 Å². The van der Waals surface area contributed by atoms with Crippen LogP contribution in [-0.2, 0) is 6.54 Å². The van der Waals surface area contributed by atoms with E-state index in [9.17, 15) is 0 Å². The second kappa shape index (κ2) is 5.21. The van der Waals surface area contributed by atoms with Crippen LogP contribution < -0.4 is 5.32 Å². The van der Waals surface area contributed by atoms with Gasteiger partial charge in [0.2, 0.25) is 0 Å². The van der Waals surface area contributed by atoms with Gasteiger partial charge in [-0.3, -0.25) is 9.67 Å². The molecule has 1 atom stereocenters. The second-order valence-corrected chi connectivity index (χ2v) is 4.75. The Morgan fingerprint density at radius 3 is 3.27 bits per heavy atom. The van der Waals surface area contributed by atoms with Crippen LogP contribution in [0.4, 0.5) is 0 Å². The molecule has 1 aliphatic heterocycles. The zero-order chi connectivity index (χ0) is 10.5. The zero-order valence-electron chi connectivity index (χ0n) is 8.89. The smallest absolute Gasteiger partial charge is 0.156 e. The highest BCUT2D eigenvalue weighted by atomic mass is 32.2. The molecule has 1 aliphatic rings. The fraction of sp³-hybridized carbons (Fsp3) is 0.600. The van der Waals surface area contributed by atoms with E-state index in [0.29, 0.717) is 6.04 Å². The SMILES string of the molecule is CC(Cn1cccn1)NC1=NCCCS1. The average molecular weight is 224 g/mol. The van der Waals surface area contributed by atoms with Crippen LogP contribution in [0.3, 0.4) is 0 Å². The molecule has 2 heterocycles. The van der Waals surface area contributed by atoms with E-state index in [4.69, 9.17) is 0 Å². The van der Waals surface area contributed by atoms with Gasteiger partial charge in [0.15, 0.2) is 5.17 Å². The van der Waals surface area contributed by atoms with E-state index in [1.54, 1.807) is 6.20 Å². The van der Waals surface area contributed by atoms with Gasteiger partial charge in [0.05, 0.1) is 6.54 Å². The summed E-state index contributed by atoms with van der Waals surface area (Å²) in [6, 6.07) is 2.31. The Labute approximate surface area is 94.2 Å². The van der Waals surface area contributed by atoms with Crippen molar-refractivity contribution < 1.29 is 0 Å². The third-order valence-electron chi connectivity index (χ3n) is 2.19. The number of aliphatic imine (C=N–C) groups is 1. The standard InChI is InChI=1S/C10H16N4S/c1-9(8-14-6-2-5-12-14)13-10-11-4-3-7-15-10/h2,5-6,9H,3-4,7-8H2,1H3,(H,11,13). The summed E-state index contributed by atoms with van der Waals surface area (Å²) in [5, 5.41) is 8.67. The average Bonchev–Trinajstić information content (AvgIpc) is 2.71. The number of nitrogens with one attached hydrogen (secondary N) is 1. The third kappa shape index (κ3) is 3.27. The number of aromatic nitrogens is 2. The first kappa shape index (κ1) is 10.5. The number of hydrogen-bond acceptors (Lipinski definition) is 4. The molecular formula is C10H16N4S. The first-order valence-corrected chi connectivity index (χ1v) is 6.24. The van der Waals surface area contributed by atoms with E-state index >= 15 is 0 Å². The van der Waals surface area contributed by atoms with Crippen LogP contribution in [-0.4, -0.2) is 33.3 Å². The fourth-order valence-corrected chi connectivity index (χ4v) is 2.43. The highest BCUT2D eigenvalue weighted by molar-refractivity contribution is 8.13. The van der Waals surface area contributed by atoms with Crippen LogP contribution in [0.15, 0.2) is 23.5 Å². The Bertz CT molecular complexity index is 320. The molecule has 0 fully saturated rings. The van der Waals surface area contributed by atoms with Crippen molar-refractivity contribution in [3.8, 4) is 0 Å². The van der Waals surface area contributed by atoms with Crippen molar-refractivity contribution in [2.45, 2.75) is 25.9 Å². The van der Waals surface area contributed by atoms with Crippen molar-refractivity contribution >= 4 is 16.9 Å². The lowest BCUT2D eigenvalue weighted by atomic mass is 10.3. The molecule has 0 aliphatic carbocycles. The summed E-state index contributed by atoms with van der Waals surface area (Å²) in [5.41, 5.74) is 0. The zero-order valence-corrected chi connectivity index (χ0v) is 9.70. The lowest BCUT2D eigenvalue weighted by Crippen LogP contribution is -2.35. The molecule has 0 saturated heterocycles. The monoisotopic (exact) mass is 224 g/mol. The van der Waals surface area contributed by atoms with Gasteiger partial charge in [-0.05, 0) is 19.4 Å². The van der Waals surface area contributed by atoms with E-state index in [2.05, 4.69) is 22.3 Å². The summed E-state index contributed by atoms with van der Waals surface area (Å²) in [6.45, 7) is 4.00. The van der Waals surface area contributed by atoms with Crippen LogP contribution in [0.25, 0.3) is 0 Å². The molecule has 2 rings (SSSR count). The molecular weight excluding hydrogens is 208 g/mol. The molecule has 4 nitrogen and oxygen atoms in total. The Hall–Kier alpha value is -0.970. The van der Waals surface area contributed by atoms with Crippen LogP contribution in [0.5, 0.6) is 0 Å². The summed E-state index contributed by atoms with van der Waals surface area (Å²) in [4.78, 5) is 4.44. The summed E-state index contributed by atoms with van der Waals surface area (Å²) < 4.78 is 1.94. The number of thioether (sulfide) groups is 1. The lowest BCUT2D eigenvalue weighted by Gasteiger charge is -2.18. The molecule has 15 heavy (non-hydrogen) atoms. The predicted molar refractivity (Wildman–Crippen MR) is 64.2 cm³/mol. The summed E-state index contributed by atoms with van der Waals surface area (Å²) in [5.74, 6) is 1.18. The number of hydrogen-bond donors (Lipinski definition) is 1. The normalized spacial score (nSPS) is 18.3. The van der Waals surface area contributed by atoms with Gasteiger partial charge in [0, 0.05) is 30.7 Å². The third-order valence-corrected chi connectivity index (χ3v) is 3.20. The number of amidine groups is 1.